The molecule has 14 nitrogen and oxygen atoms in total. The molecule has 3 aliphatic heterocycles. The average molecular weight is 760 g/mol. The van der Waals surface area contributed by atoms with Crippen molar-refractivity contribution in [2.45, 2.75) is 139 Å². The van der Waals surface area contributed by atoms with E-state index in [0.29, 0.717) is 36.3 Å². The van der Waals surface area contributed by atoms with Crippen LogP contribution in [0.1, 0.15) is 103 Å². The molecule has 0 radical (unpaired) electrons. The third-order valence-electron chi connectivity index (χ3n) is 11.9. The first-order valence-corrected chi connectivity index (χ1v) is 20.3. The predicted octanol–water partition coefficient (Wildman–Crippen LogP) is 3.61. The van der Waals surface area contributed by atoms with Crippen molar-refractivity contribution in [1.29, 1.82) is 0 Å². The SMILES string of the molecule is CC(C)(C)OC(=O)N[C@H]1CCCCC[C@@H]2C[C@@H]2[C@@H]2C[C@@]2(C(=O)NS(=O)(=O)C2(C)CC2)NC(=O)[C@@H]2C[C@@H](OC(=O)N3Cc4cccc(F)c4C3)CN2C1=O. The molecule has 16 heteroatoms. The Morgan fingerprint density at radius 1 is 1.04 bits per heavy atom. The average Bonchev–Trinajstić information content (AvgIpc) is 4.02. The fraction of sp³-hybridized carbons (Fsp3) is 0.703. The van der Waals surface area contributed by atoms with Gasteiger partial charge in [0.05, 0.1) is 17.8 Å². The predicted molar refractivity (Wildman–Crippen MR) is 188 cm³/mol. The smallest absolute Gasteiger partial charge is 0.410 e. The van der Waals surface area contributed by atoms with Gasteiger partial charge in [-0.2, -0.15) is 0 Å². The molecule has 3 aliphatic carbocycles. The fourth-order valence-corrected chi connectivity index (χ4v) is 9.70. The number of halogens is 1. The minimum absolute atomic E-state index is 0.00510. The minimum atomic E-state index is -4.00. The van der Waals surface area contributed by atoms with Gasteiger partial charge >= 0.3 is 12.2 Å². The molecule has 53 heavy (non-hydrogen) atoms. The lowest BCUT2D eigenvalue weighted by molar-refractivity contribution is -0.141. The van der Waals surface area contributed by atoms with E-state index in [1.807, 2.05) is 0 Å². The fourth-order valence-electron chi connectivity index (χ4n) is 8.39. The normalized spacial score (nSPS) is 32.0. The van der Waals surface area contributed by atoms with Crippen LogP contribution in [0.4, 0.5) is 14.0 Å². The number of carbonyl (C=O) groups excluding carboxylic acids is 5. The van der Waals surface area contributed by atoms with Crippen LogP contribution in [-0.2, 0) is 47.0 Å². The number of benzene rings is 1. The van der Waals surface area contributed by atoms with Crippen LogP contribution < -0.4 is 15.4 Å². The minimum Gasteiger partial charge on any atom is -0.444 e. The Bertz CT molecular complexity index is 1810. The summed E-state index contributed by atoms with van der Waals surface area (Å²) < 4.78 is 53.3. The summed E-state index contributed by atoms with van der Waals surface area (Å²) in [5.74, 6) is -2.23. The number of fused-ring (bicyclic) bond motifs is 5. The molecule has 0 aromatic heterocycles. The van der Waals surface area contributed by atoms with E-state index in [4.69, 9.17) is 9.47 Å². The van der Waals surface area contributed by atoms with Crippen molar-refractivity contribution in [3.63, 3.8) is 0 Å². The Labute approximate surface area is 309 Å². The van der Waals surface area contributed by atoms with Gasteiger partial charge in [-0.05, 0) is 89.2 Å². The number of ether oxygens (including phenoxy) is 2. The van der Waals surface area contributed by atoms with Gasteiger partial charge in [0.25, 0.3) is 5.91 Å². The lowest BCUT2D eigenvalue weighted by Crippen LogP contribution is -2.59. The molecule has 3 N–H and O–H groups in total. The Balaban J connectivity index is 1.14. The van der Waals surface area contributed by atoms with Crippen molar-refractivity contribution in [3.05, 3.63) is 35.1 Å². The molecule has 6 aliphatic rings. The van der Waals surface area contributed by atoms with Gasteiger partial charge in [0.2, 0.25) is 21.8 Å². The molecular formula is C37H50FN5O9S. The molecule has 0 spiro atoms. The monoisotopic (exact) mass is 759 g/mol. The molecule has 0 unspecified atom stereocenters. The highest BCUT2D eigenvalue weighted by atomic mass is 32.2. The zero-order chi connectivity index (χ0) is 38.1. The molecule has 5 amide bonds. The number of hydrogen-bond acceptors (Lipinski definition) is 9. The second kappa shape index (κ2) is 13.4. The molecule has 290 valence electrons. The highest BCUT2D eigenvalue weighted by Crippen LogP contribution is 2.61. The number of sulfonamides is 1. The molecule has 7 atom stereocenters. The Hall–Kier alpha value is -3.95. The summed E-state index contributed by atoms with van der Waals surface area (Å²) in [6.07, 6.45) is 2.88. The first-order valence-electron chi connectivity index (χ1n) is 18.8. The van der Waals surface area contributed by atoms with Crippen LogP contribution in [0.5, 0.6) is 0 Å². The van der Waals surface area contributed by atoms with Crippen molar-refractivity contribution < 1.29 is 46.3 Å². The van der Waals surface area contributed by atoms with Crippen molar-refractivity contribution in [2.75, 3.05) is 6.54 Å². The van der Waals surface area contributed by atoms with E-state index >= 15 is 0 Å². The number of carbonyl (C=O) groups is 5. The molecule has 3 heterocycles. The number of amides is 5. The summed E-state index contributed by atoms with van der Waals surface area (Å²) >= 11 is 0. The quantitative estimate of drug-likeness (QED) is 0.404. The number of nitrogens with zero attached hydrogens (tertiary/aromatic N) is 2. The molecular weight excluding hydrogens is 709 g/mol. The van der Waals surface area contributed by atoms with Gasteiger partial charge in [0, 0.05) is 18.5 Å². The van der Waals surface area contributed by atoms with Gasteiger partial charge in [-0.1, -0.05) is 37.8 Å². The highest BCUT2D eigenvalue weighted by Gasteiger charge is 2.69. The Kier molecular flexibility index (Phi) is 9.46. The largest absolute Gasteiger partial charge is 0.444 e. The van der Waals surface area contributed by atoms with Gasteiger partial charge < -0.3 is 25.0 Å². The lowest BCUT2D eigenvalue weighted by atomic mass is 10.0. The Morgan fingerprint density at radius 3 is 2.47 bits per heavy atom. The van der Waals surface area contributed by atoms with E-state index in [2.05, 4.69) is 15.4 Å². The molecule has 3 saturated carbocycles. The van der Waals surface area contributed by atoms with Crippen LogP contribution >= 0.6 is 0 Å². The van der Waals surface area contributed by atoms with Crippen LogP contribution in [-0.4, -0.2) is 88.7 Å². The number of alkyl carbamates (subject to hydrolysis) is 1. The van der Waals surface area contributed by atoms with Gasteiger partial charge in [0.1, 0.15) is 35.1 Å². The molecule has 1 aromatic carbocycles. The Morgan fingerprint density at radius 2 is 1.77 bits per heavy atom. The topological polar surface area (TPSA) is 181 Å². The van der Waals surface area contributed by atoms with E-state index < -0.39 is 79.8 Å². The number of rotatable bonds is 5. The van der Waals surface area contributed by atoms with Crippen LogP contribution in [0.25, 0.3) is 0 Å². The third kappa shape index (κ3) is 7.57. The second-order valence-corrected chi connectivity index (χ2v) is 19.3. The van der Waals surface area contributed by atoms with Crippen LogP contribution in [0.15, 0.2) is 18.2 Å². The summed E-state index contributed by atoms with van der Waals surface area (Å²) in [5.41, 5.74) is -1.25. The van der Waals surface area contributed by atoms with E-state index in [9.17, 15) is 36.8 Å². The van der Waals surface area contributed by atoms with Gasteiger partial charge in [0.15, 0.2) is 0 Å². The highest BCUT2D eigenvalue weighted by molar-refractivity contribution is 7.91. The van der Waals surface area contributed by atoms with Crippen molar-refractivity contribution >= 4 is 39.9 Å². The van der Waals surface area contributed by atoms with Crippen LogP contribution in [0.2, 0.25) is 0 Å². The molecule has 7 rings (SSSR count). The standard InChI is InChI=1S/C37H50FN5O9S/c1-35(2,3)52-33(47)39-28-12-7-5-6-9-21-15-24(21)26-17-37(26,32(46)41-53(49,50)36(4)13-14-36)40-30(44)29-16-23(19-43(29)31(28)45)51-34(48)42-18-22-10-8-11-27(38)25(22)20-42/h8,10-11,21,23-24,26,28-29H,5-7,9,12-20H2,1-4H3,(H,39,47)(H,40,44)(H,41,46)/t21-,23-,24+,26+,28+,29+,37-/m1/s1. The van der Waals surface area contributed by atoms with Gasteiger partial charge in [-0.3, -0.25) is 24.0 Å². The maximum atomic E-state index is 14.4. The van der Waals surface area contributed by atoms with Gasteiger partial charge in [-0.15, -0.1) is 0 Å². The maximum absolute atomic E-state index is 14.4. The van der Waals surface area contributed by atoms with E-state index in [1.54, 1.807) is 39.8 Å². The first kappa shape index (κ1) is 37.4. The maximum Gasteiger partial charge on any atom is 0.410 e. The zero-order valence-corrected chi connectivity index (χ0v) is 31.6. The summed E-state index contributed by atoms with van der Waals surface area (Å²) in [4.78, 5) is 71.6. The second-order valence-electron chi connectivity index (χ2n) is 17.1. The van der Waals surface area contributed by atoms with E-state index in [0.717, 1.165) is 25.7 Å². The van der Waals surface area contributed by atoms with E-state index in [1.165, 1.54) is 15.9 Å². The summed E-state index contributed by atoms with van der Waals surface area (Å²) in [6, 6.07) is 2.36. The zero-order valence-electron chi connectivity index (χ0n) is 30.7. The van der Waals surface area contributed by atoms with E-state index in [-0.39, 0.29) is 50.7 Å². The van der Waals surface area contributed by atoms with Crippen molar-refractivity contribution in [2.24, 2.45) is 17.8 Å². The third-order valence-corrected chi connectivity index (χ3v) is 14.1. The van der Waals surface area contributed by atoms with Crippen LogP contribution in [0.3, 0.4) is 0 Å². The number of hydrogen-bond donors (Lipinski definition) is 3. The molecule has 0 bridgehead atoms. The van der Waals surface area contributed by atoms with Crippen LogP contribution in [0, 0.1) is 23.6 Å². The summed E-state index contributed by atoms with van der Waals surface area (Å²) in [5, 5.41) is 5.60. The summed E-state index contributed by atoms with van der Waals surface area (Å²) in [6.45, 7) is 6.66. The lowest BCUT2D eigenvalue weighted by Gasteiger charge is -2.30. The van der Waals surface area contributed by atoms with Crippen molar-refractivity contribution in [3.8, 4) is 0 Å². The molecule has 1 aromatic rings. The first-order chi connectivity index (χ1) is 24.9. The summed E-state index contributed by atoms with van der Waals surface area (Å²) in [7, 11) is -4.00. The van der Waals surface area contributed by atoms with Crippen molar-refractivity contribution in [1.82, 2.24) is 25.2 Å². The number of nitrogens with one attached hydrogen (secondary N) is 3. The van der Waals surface area contributed by atoms with Gasteiger partial charge in [-0.25, -0.2) is 22.4 Å². The molecule has 5 fully saturated rings. The molecule has 2 saturated heterocycles.